The minimum absolute atomic E-state index is 0.371. The summed E-state index contributed by atoms with van der Waals surface area (Å²) in [6, 6.07) is 3.63. The van der Waals surface area contributed by atoms with Crippen LogP contribution < -0.4 is 0 Å². The number of halogens is 1. The zero-order chi connectivity index (χ0) is 10.8. The largest absolute Gasteiger partial charge is 0.478 e. The minimum Gasteiger partial charge on any atom is -0.478 e. The summed E-state index contributed by atoms with van der Waals surface area (Å²) in [6.07, 6.45) is 4.10. The van der Waals surface area contributed by atoms with Crippen LogP contribution in [-0.4, -0.2) is 25.7 Å². The standard InChI is InChI=1S/C9H6BrN3O2/c10-6-1-3-8-11-7(2-4-9(14)15)12-13(8)5-6/h1-5H,(H,14,15)/b4-2+. The van der Waals surface area contributed by atoms with Crippen LogP contribution in [0.3, 0.4) is 0 Å². The molecule has 2 heterocycles. The van der Waals surface area contributed by atoms with Gasteiger partial charge in [0.25, 0.3) is 0 Å². The van der Waals surface area contributed by atoms with Gasteiger partial charge in [0.2, 0.25) is 0 Å². The van der Waals surface area contributed by atoms with Gasteiger partial charge >= 0.3 is 5.97 Å². The number of hydrogen-bond donors (Lipinski definition) is 1. The van der Waals surface area contributed by atoms with Crippen molar-refractivity contribution in [3.63, 3.8) is 0 Å². The van der Waals surface area contributed by atoms with Gasteiger partial charge in [0.15, 0.2) is 11.5 Å². The molecule has 0 aromatic carbocycles. The quantitative estimate of drug-likeness (QED) is 0.840. The van der Waals surface area contributed by atoms with Crippen molar-refractivity contribution in [2.75, 3.05) is 0 Å². The number of aliphatic carboxylic acids is 1. The maximum atomic E-state index is 10.3. The average Bonchev–Trinajstić information content (AvgIpc) is 2.56. The van der Waals surface area contributed by atoms with Crippen LogP contribution in [0.2, 0.25) is 0 Å². The second-order valence-electron chi connectivity index (χ2n) is 2.79. The lowest BCUT2D eigenvalue weighted by molar-refractivity contribution is -0.131. The molecule has 2 rings (SSSR count). The van der Waals surface area contributed by atoms with E-state index in [4.69, 9.17) is 5.11 Å². The molecule has 0 aliphatic heterocycles. The molecule has 15 heavy (non-hydrogen) atoms. The van der Waals surface area contributed by atoms with E-state index in [0.717, 1.165) is 10.5 Å². The van der Waals surface area contributed by atoms with E-state index >= 15 is 0 Å². The Balaban J connectivity index is 2.43. The second kappa shape index (κ2) is 3.82. The number of rotatable bonds is 2. The van der Waals surface area contributed by atoms with E-state index in [1.807, 2.05) is 6.07 Å². The highest BCUT2D eigenvalue weighted by molar-refractivity contribution is 9.10. The van der Waals surface area contributed by atoms with Gasteiger partial charge in [-0.3, -0.25) is 0 Å². The minimum atomic E-state index is -1.02. The molecular weight excluding hydrogens is 262 g/mol. The molecule has 5 nitrogen and oxygen atoms in total. The highest BCUT2D eigenvalue weighted by atomic mass is 79.9. The Hall–Kier alpha value is -1.69. The van der Waals surface area contributed by atoms with E-state index < -0.39 is 5.97 Å². The summed E-state index contributed by atoms with van der Waals surface area (Å²) in [5.41, 5.74) is 0.670. The first-order valence-electron chi connectivity index (χ1n) is 4.08. The Kier molecular flexibility index (Phi) is 2.51. The summed E-state index contributed by atoms with van der Waals surface area (Å²) in [7, 11) is 0. The molecule has 0 amide bonds. The maximum Gasteiger partial charge on any atom is 0.328 e. The van der Waals surface area contributed by atoms with Crippen molar-refractivity contribution in [3.05, 3.63) is 34.7 Å². The summed E-state index contributed by atoms with van der Waals surface area (Å²) in [4.78, 5) is 14.4. The third-order valence-electron chi connectivity index (χ3n) is 1.69. The number of pyridine rings is 1. The lowest BCUT2D eigenvalue weighted by Gasteiger charge is -1.89. The number of carboxylic acid groups (broad SMARTS) is 1. The molecule has 0 bridgehead atoms. The van der Waals surface area contributed by atoms with Crippen LogP contribution >= 0.6 is 15.9 Å². The van der Waals surface area contributed by atoms with Crippen molar-refractivity contribution < 1.29 is 9.90 Å². The van der Waals surface area contributed by atoms with Crippen molar-refractivity contribution in [1.29, 1.82) is 0 Å². The number of hydrogen-bond acceptors (Lipinski definition) is 3. The molecule has 0 spiro atoms. The first-order valence-corrected chi connectivity index (χ1v) is 4.87. The summed E-state index contributed by atoms with van der Waals surface area (Å²) in [5, 5.41) is 12.5. The predicted molar refractivity (Wildman–Crippen MR) is 57.4 cm³/mol. The van der Waals surface area contributed by atoms with Crippen molar-refractivity contribution in [2.24, 2.45) is 0 Å². The highest BCUT2D eigenvalue weighted by Gasteiger charge is 2.00. The van der Waals surface area contributed by atoms with Gasteiger partial charge in [0.05, 0.1) is 0 Å². The molecule has 0 saturated heterocycles. The van der Waals surface area contributed by atoms with E-state index in [2.05, 4.69) is 26.0 Å². The van der Waals surface area contributed by atoms with E-state index in [1.165, 1.54) is 6.08 Å². The number of carboxylic acids is 1. The molecule has 1 N–H and O–H groups in total. The molecule has 0 aliphatic carbocycles. The fourth-order valence-electron chi connectivity index (χ4n) is 1.09. The molecule has 2 aromatic rings. The molecule has 6 heteroatoms. The zero-order valence-electron chi connectivity index (χ0n) is 7.46. The van der Waals surface area contributed by atoms with Crippen LogP contribution in [0.1, 0.15) is 5.82 Å². The lowest BCUT2D eigenvalue weighted by atomic mass is 10.5. The van der Waals surface area contributed by atoms with Gasteiger partial charge < -0.3 is 5.11 Å². The van der Waals surface area contributed by atoms with Crippen molar-refractivity contribution in [2.45, 2.75) is 0 Å². The van der Waals surface area contributed by atoms with Crippen LogP contribution in [0.15, 0.2) is 28.9 Å². The number of fused-ring (bicyclic) bond motifs is 1. The predicted octanol–water partition coefficient (Wildman–Crippen LogP) is 1.59. The van der Waals surface area contributed by atoms with Crippen LogP contribution in [0.5, 0.6) is 0 Å². The summed E-state index contributed by atoms with van der Waals surface area (Å²) < 4.78 is 2.46. The van der Waals surface area contributed by atoms with Gasteiger partial charge in [-0.25, -0.2) is 14.3 Å². The zero-order valence-corrected chi connectivity index (χ0v) is 9.05. The number of nitrogens with zero attached hydrogens (tertiary/aromatic N) is 3. The van der Waals surface area contributed by atoms with E-state index in [9.17, 15) is 4.79 Å². The Bertz CT molecular complexity index is 547. The molecule has 2 aromatic heterocycles. The SMILES string of the molecule is O=C(O)/C=C/c1nc2ccc(Br)cn2n1. The molecule has 0 aliphatic rings. The Morgan fingerprint density at radius 1 is 1.53 bits per heavy atom. The third-order valence-corrected chi connectivity index (χ3v) is 2.16. The van der Waals surface area contributed by atoms with Crippen LogP contribution in [0, 0.1) is 0 Å². The van der Waals surface area contributed by atoms with Gasteiger partial charge in [-0.05, 0) is 34.1 Å². The smallest absolute Gasteiger partial charge is 0.328 e. The summed E-state index contributed by atoms with van der Waals surface area (Å²) >= 11 is 3.30. The fourth-order valence-corrected chi connectivity index (χ4v) is 1.42. The molecule has 76 valence electrons. The van der Waals surface area contributed by atoms with E-state index in [1.54, 1.807) is 16.8 Å². The van der Waals surface area contributed by atoms with Crippen LogP contribution in [-0.2, 0) is 4.79 Å². The first kappa shape index (κ1) is 9.85. The second-order valence-corrected chi connectivity index (χ2v) is 3.71. The first-order chi connectivity index (χ1) is 7.15. The van der Waals surface area contributed by atoms with E-state index in [-0.39, 0.29) is 0 Å². The molecule has 0 atom stereocenters. The van der Waals surface area contributed by atoms with Crippen molar-refractivity contribution >= 4 is 33.6 Å². The van der Waals surface area contributed by atoms with Crippen molar-refractivity contribution in [3.8, 4) is 0 Å². The monoisotopic (exact) mass is 267 g/mol. The van der Waals surface area contributed by atoms with E-state index in [0.29, 0.717) is 11.5 Å². The topological polar surface area (TPSA) is 67.5 Å². The number of carbonyl (C=O) groups is 1. The van der Waals surface area contributed by atoms with Gasteiger partial charge in [-0.15, -0.1) is 5.10 Å². The van der Waals surface area contributed by atoms with Gasteiger partial charge in [-0.2, -0.15) is 0 Å². The van der Waals surface area contributed by atoms with Crippen LogP contribution in [0.25, 0.3) is 11.7 Å². The molecular formula is C9H6BrN3O2. The Labute approximate surface area is 93.2 Å². The normalized spacial score (nSPS) is 11.3. The molecule has 0 saturated carbocycles. The van der Waals surface area contributed by atoms with Gasteiger partial charge in [0, 0.05) is 16.7 Å². The van der Waals surface area contributed by atoms with Gasteiger partial charge in [0.1, 0.15) is 0 Å². The van der Waals surface area contributed by atoms with Crippen molar-refractivity contribution in [1.82, 2.24) is 14.6 Å². The highest BCUT2D eigenvalue weighted by Crippen LogP contribution is 2.10. The molecule has 0 radical (unpaired) electrons. The summed E-state index contributed by atoms with van der Waals surface area (Å²) in [6.45, 7) is 0. The Morgan fingerprint density at radius 3 is 3.07 bits per heavy atom. The molecule has 0 unspecified atom stereocenters. The molecule has 0 fully saturated rings. The fraction of sp³-hybridized carbons (Fsp3) is 0. The number of aromatic nitrogens is 3. The van der Waals surface area contributed by atoms with Gasteiger partial charge in [-0.1, -0.05) is 0 Å². The summed E-state index contributed by atoms with van der Waals surface area (Å²) in [5.74, 6) is -0.648. The maximum absolute atomic E-state index is 10.3. The third kappa shape index (κ3) is 2.21. The lowest BCUT2D eigenvalue weighted by Crippen LogP contribution is -1.87. The Morgan fingerprint density at radius 2 is 2.33 bits per heavy atom. The van der Waals surface area contributed by atoms with Crippen LogP contribution in [0.4, 0.5) is 0 Å². The average molecular weight is 268 g/mol.